The van der Waals surface area contributed by atoms with Gasteiger partial charge in [0.05, 0.1) is 29.1 Å². The number of hydrogen-bond acceptors (Lipinski definition) is 5. The second-order valence-electron chi connectivity index (χ2n) is 6.77. The summed E-state index contributed by atoms with van der Waals surface area (Å²) < 4.78 is 28.7. The van der Waals surface area contributed by atoms with Gasteiger partial charge < -0.3 is 5.73 Å². The SMILES string of the molecule is Cc1nn2c(=O)cc(C(N)c3ccc(C#N)cc3)nc2cc1-c1ccc(F)cc1F. The molecule has 6 nitrogen and oxygen atoms in total. The highest BCUT2D eigenvalue weighted by Gasteiger charge is 2.16. The molecular formula is C22H15F2N5O. The zero-order chi connectivity index (χ0) is 21.4. The number of nitriles is 1. The summed E-state index contributed by atoms with van der Waals surface area (Å²) >= 11 is 0. The maximum atomic E-state index is 14.3. The van der Waals surface area contributed by atoms with Crippen molar-refractivity contribution in [3.8, 4) is 17.2 Å². The van der Waals surface area contributed by atoms with E-state index < -0.39 is 23.2 Å². The molecule has 0 aliphatic rings. The first kappa shape index (κ1) is 19.4. The van der Waals surface area contributed by atoms with Gasteiger partial charge in [0.1, 0.15) is 11.6 Å². The first-order valence-corrected chi connectivity index (χ1v) is 9.00. The summed E-state index contributed by atoms with van der Waals surface area (Å²) in [5, 5.41) is 13.1. The van der Waals surface area contributed by atoms with Crippen LogP contribution in [-0.2, 0) is 0 Å². The van der Waals surface area contributed by atoms with Crippen LogP contribution in [0.4, 0.5) is 8.78 Å². The lowest BCUT2D eigenvalue weighted by Crippen LogP contribution is -2.23. The number of aryl methyl sites for hydroxylation is 1. The summed E-state index contributed by atoms with van der Waals surface area (Å²) in [7, 11) is 0. The topological polar surface area (TPSA) is 97.1 Å². The Kier molecular flexibility index (Phi) is 4.82. The van der Waals surface area contributed by atoms with Crippen LogP contribution in [0.5, 0.6) is 0 Å². The molecule has 1 unspecified atom stereocenters. The number of fused-ring (bicyclic) bond motifs is 1. The van der Waals surface area contributed by atoms with Gasteiger partial charge in [0, 0.05) is 23.3 Å². The van der Waals surface area contributed by atoms with Crippen LogP contribution in [0.2, 0.25) is 0 Å². The van der Waals surface area contributed by atoms with Crippen LogP contribution >= 0.6 is 0 Å². The van der Waals surface area contributed by atoms with Gasteiger partial charge in [-0.2, -0.15) is 14.9 Å². The molecule has 0 spiro atoms. The van der Waals surface area contributed by atoms with E-state index in [0.29, 0.717) is 28.1 Å². The van der Waals surface area contributed by atoms with Crippen molar-refractivity contribution in [2.24, 2.45) is 5.73 Å². The van der Waals surface area contributed by atoms with E-state index in [-0.39, 0.29) is 11.2 Å². The Morgan fingerprint density at radius 2 is 1.80 bits per heavy atom. The molecule has 0 radical (unpaired) electrons. The summed E-state index contributed by atoms with van der Waals surface area (Å²) in [6.45, 7) is 1.63. The lowest BCUT2D eigenvalue weighted by Gasteiger charge is -2.14. The maximum Gasteiger partial charge on any atom is 0.274 e. The third-order valence-electron chi connectivity index (χ3n) is 4.79. The van der Waals surface area contributed by atoms with Crippen molar-refractivity contribution in [3.05, 3.63) is 99.1 Å². The molecule has 0 aliphatic carbocycles. The van der Waals surface area contributed by atoms with E-state index in [1.165, 1.54) is 18.2 Å². The molecule has 30 heavy (non-hydrogen) atoms. The first-order chi connectivity index (χ1) is 14.4. The average Bonchev–Trinajstić information content (AvgIpc) is 2.73. The zero-order valence-electron chi connectivity index (χ0n) is 15.8. The molecular weight excluding hydrogens is 388 g/mol. The van der Waals surface area contributed by atoms with Gasteiger partial charge in [-0.3, -0.25) is 4.79 Å². The zero-order valence-corrected chi connectivity index (χ0v) is 15.8. The van der Waals surface area contributed by atoms with Crippen molar-refractivity contribution < 1.29 is 8.78 Å². The Hall–Kier alpha value is -3.96. The normalized spacial score (nSPS) is 12.0. The molecule has 4 aromatic rings. The smallest absolute Gasteiger partial charge is 0.274 e. The van der Waals surface area contributed by atoms with Crippen molar-refractivity contribution >= 4 is 5.65 Å². The Morgan fingerprint density at radius 3 is 2.47 bits per heavy atom. The highest BCUT2D eigenvalue weighted by molar-refractivity contribution is 5.69. The van der Waals surface area contributed by atoms with E-state index in [4.69, 9.17) is 11.0 Å². The number of hydrogen-bond donors (Lipinski definition) is 1. The van der Waals surface area contributed by atoms with Gasteiger partial charge in [0.2, 0.25) is 0 Å². The summed E-state index contributed by atoms with van der Waals surface area (Å²) in [5.74, 6) is -1.43. The molecule has 1 atom stereocenters. The fraction of sp³-hybridized carbons (Fsp3) is 0.0909. The third kappa shape index (κ3) is 3.43. The molecule has 8 heteroatoms. The fourth-order valence-corrected chi connectivity index (χ4v) is 3.22. The van der Waals surface area contributed by atoms with Gasteiger partial charge in [-0.1, -0.05) is 12.1 Å². The molecule has 2 N–H and O–H groups in total. The summed E-state index contributed by atoms with van der Waals surface area (Å²) in [5.41, 5.74) is 8.43. The molecule has 0 fully saturated rings. The van der Waals surface area contributed by atoms with E-state index in [0.717, 1.165) is 16.6 Å². The van der Waals surface area contributed by atoms with E-state index in [2.05, 4.69) is 10.1 Å². The molecule has 4 rings (SSSR count). The predicted molar refractivity (Wildman–Crippen MR) is 107 cm³/mol. The van der Waals surface area contributed by atoms with E-state index in [1.54, 1.807) is 31.2 Å². The van der Waals surface area contributed by atoms with E-state index >= 15 is 0 Å². The van der Waals surface area contributed by atoms with Crippen LogP contribution in [-0.4, -0.2) is 14.6 Å². The minimum Gasteiger partial charge on any atom is -0.319 e. The van der Waals surface area contributed by atoms with Gasteiger partial charge in [0.15, 0.2) is 5.65 Å². The van der Waals surface area contributed by atoms with E-state index in [9.17, 15) is 13.6 Å². The Bertz CT molecular complexity index is 1370. The number of nitrogens with two attached hydrogens (primary N) is 1. The highest BCUT2D eigenvalue weighted by atomic mass is 19.1. The minimum atomic E-state index is -0.739. The molecule has 2 heterocycles. The summed E-state index contributed by atoms with van der Waals surface area (Å²) in [6, 6.07) is 14.0. The largest absolute Gasteiger partial charge is 0.319 e. The predicted octanol–water partition coefficient (Wildman–Crippen LogP) is 3.26. The van der Waals surface area contributed by atoms with Crippen molar-refractivity contribution in [1.29, 1.82) is 5.26 Å². The van der Waals surface area contributed by atoms with E-state index in [1.807, 2.05) is 6.07 Å². The molecule has 2 aromatic carbocycles. The first-order valence-electron chi connectivity index (χ1n) is 9.00. The quantitative estimate of drug-likeness (QED) is 0.566. The average molecular weight is 403 g/mol. The summed E-state index contributed by atoms with van der Waals surface area (Å²) in [6.07, 6.45) is 0. The second kappa shape index (κ2) is 7.46. The molecule has 0 aliphatic heterocycles. The van der Waals surface area contributed by atoms with Crippen molar-refractivity contribution in [1.82, 2.24) is 14.6 Å². The van der Waals surface area contributed by atoms with Crippen LogP contribution < -0.4 is 11.3 Å². The van der Waals surface area contributed by atoms with Crippen LogP contribution in [0.1, 0.15) is 28.6 Å². The Labute approximate surface area is 169 Å². The third-order valence-corrected chi connectivity index (χ3v) is 4.79. The number of nitrogens with zero attached hydrogens (tertiary/aromatic N) is 4. The van der Waals surface area contributed by atoms with Gasteiger partial charge in [0.25, 0.3) is 5.56 Å². The van der Waals surface area contributed by atoms with Crippen molar-refractivity contribution in [3.63, 3.8) is 0 Å². The van der Waals surface area contributed by atoms with Gasteiger partial charge in [-0.25, -0.2) is 13.8 Å². The van der Waals surface area contributed by atoms with Crippen molar-refractivity contribution in [2.75, 3.05) is 0 Å². The standard InChI is InChI=1S/C22H15F2N5O/c1-12-17(16-7-6-15(23)8-18(16)24)9-20-27-19(10-21(30)29(20)28-12)22(26)14-4-2-13(11-25)3-5-14/h2-10,22H,26H2,1H3. The Balaban J connectivity index is 1.85. The van der Waals surface area contributed by atoms with Crippen LogP contribution in [0.3, 0.4) is 0 Å². The molecule has 148 valence electrons. The fourth-order valence-electron chi connectivity index (χ4n) is 3.22. The number of benzene rings is 2. The molecule has 0 saturated heterocycles. The lowest BCUT2D eigenvalue weighted by atomic mass is 10.0. The number of rotatable bonds is 3. The summed E-state index contributed by atoms with van der Waals surface area (Å²) in [4.78, 5) is 17.0. The van der Waals surface area contributed by atoms with Crippen LogP contribution in [0.25, 0.3) is 16.8 Å². The van der Waals surface area contributed by atoms with Crippen LogP contribution in [0.15, 0.2) is 59.4 Å². The number of halogens is 2. The van der Waals surface area contributed by atoms with Gasteiger partial charge >= 0.3 is 0 Å². The lowest BCUT2D eigenvalue weighted by molar-refractivity contribution is 0.585. The second-order valence-corrected chi connectivity index (χ2v) is 6.77. The molecule has 0 amide bonds. The Morgan fingerprint density at radius 1 is 1.07 bits per heavy atom. The number of aromatic nitrogens is 3. The van der Waals surface area contributed by atoms with Crippen LogP contribution in [0, 0.1) is 29.9 Å². The molecule has 0 saturated carbocycles. The monoisotopic (exact) mass is 403 g/mol. The minimum absolute atomic E-state index is 0.153. The van der Waals surface area contributed by atoms with Gasteiger partial charge in [-0.15, -0.1) is 0 Å². The van der Waals surface area contributed by atoms with Gasteiger partial charge in [-0.05, 0) is 42.8 Å². The maximum absolute atomic E-state index is 14.3. The molecule has 2 aromatic heterocycles. The highest BCUT2D eigenvalue weighted by Crippen LogP contribution is 2.27. The molecule has 0 bridgehead atoms. The van der Waals surface area contributed by atoms with Crippen molar-refractivity contribution in [2.45, 2.75) is 13.0 Å².